The van der Waals surface area contributed by atoms with Crippen LogP contribution < -0.4 is 0 Å². The van der Waals surface area contributed by atoms with Gasteiger partial charge in [0.2, 0.25) is 0 Å². The van der Waals surface area contributed by atoms with Gasteiger partial charge in [0.1, 0.15) is 5.82 Å². The van der Waals surface area contributed by atoms with Crippen molar-refractivity contribution in [3.63, 3.8) is 0 Å². The van der Waals surface area contributed by atoms with Crippen molar-refractivity contribution in [2.24, 2.45) is 0 Å². The van der Waals surface area contributed by atoms with Gasteiger partial charge in [-0.1, -0.05) is 51.0 Å². The van der Waals surface area contributed by atoms with E-state index in [0.29, 0.717) is 5.82 Å². The van der Waals surface area contributed by atoms with Gasteiger partial charge in [0.25, 0.3) is 0 Å². The highest BCUT2D eigenvalue weighted by molar-refractivity contribution is 5.76. The molecule has 0 atom stereocenters. The fraction of sp³-hybridized carbons (Fsp3) is 0.391. The average molecular weight is 417 g/mol. The number of aromatic amines is 1. The highest BCUT2D eigenvalue weighted by Crippen LogP contribution is 2.27. The number of hydrogen-bond acceptors (Lipinski definition) is 6. The van der Waals surface area contributed by atoms with Crippen LogP contribution in [-0.4, -0.2) is 40.4 Å². The van der Waals surface area contributed by atoms with E-state index in [1.165, 1.54) is 5.56 Å². The van der Waals surface area contributed by atoms with E-state index in [4.69, 9.17) is 10.1 Å². The van der Waals surface area contributed by atoms with Crippen LogP contribution in [0, 0.1) is 0 Å². The molecule has 1 N–H and O–H groups in total. The second kappa shape index (κ2) is 10.1. The number of nitrogens with zero attached hydrogens (tertiary/aromatic N) is 7. The second-order valence-electron chi connectivity index (χ2n) is 7.65. The lowest BCUT2D eigenvalue weighted by atomic mass is 10.0. The molecule has 160 valence electrons. The van der Waals surface area contributed by atoms with Crippen molar-refractivity contribution in [2.45, 2.75) is 58.9 Å². The van der Waals surface area contributed by atoms with Crippen molar-refractivity contribution in [2.75, 3.05) is 0 Å². The van der Waals surface area contributed by atoms with Gasteiger partial charge in [-0.25, -0.2) is 14.8 Å². The predicted molar refractivity (Wildman–Crippen MR) is 119 cm³/mol. The molecule has 4 rings (SSSR count). The Morgan fingerprint density at radius 3 is 2.58 bits per heavy atom. The molecular formula is C23H28N8. The molecule has 8 heteroatoms. The number of pyridine rings is 1. The third kappa shape index (κ3) is 5.02. The van der Waals surface area contributed by atoms with E-state index in [2.05, 4.69) is 68.4 Å². The van der Waals surface area contributed by atoms with Crippen LogP contribution in [0.25, 0.3) is 22.6 Å². The SMILES string of the molecule is CCCCc1nc(Cc2ccc(-c3ncccc3-c3nnn[nH]3)cc2)n(CCCC)n1. The second-order valence-corrected chi connectivity index (χ2v) is 7.65. The maximum absolute atomic E-state index is 4.84. The Hall–Kier alpha value is -3.42. The van der Waals surface area contributed by atoms with Gasteiger partial charge in [-0.2, -0.15) is 5.10 Å². The molecule has 3 heterocycles. The molecule has 0 unspecified atom stereocenters. The van der Waals surface area contributed by atoms with Crippen molar-refractivity contribution in [3.05, 3.63) is 59.8 Å². The molecular weight excluding hydrogens is 388 g/mol. The third-order valence-corrected chi connectivity index (χ3v) is 5.27. The molecule has 0 aliphatic rings. The van der Waals surface area contributed by atoms with Crippen molar-refractivity contribution >= 4 is 0 Å². The molecule has 0 fully saturated rings. The Morgan fingerprint density at radius 2 is 1.84 bits per heavy atom. The number of nitrogens with one attached hydrogen (secondary N) is 1. The van der Waals surface area contributed by atoms with E-state index < -0.39 is 0 Å². The van der Waals surface area contributed by atoms with Gasteiger partial charge in [-0.05, 0) is 41.0 Å². The first-order valence-electron chi connectivity index (χ1n) is 11.0. The molecule has 0 aliphatic carbocycles. The summed E-state index contributed by atoms with van der Waals surface area (Å²) < 4.78 is 2.09. The van der Waals surface area contributed by atoms with Gasteiger partial charge >= 0.3 is 0 Å². The summed E-state index contributed by atoms with van der Waals surface area (Å²) in [6.45, 7) is 5.32. The Kier molecular flexibility index (Phi) is 6.76. The predicted octanol–water partition coefficient (Wildman–Crippen LogP) is 4.25. The van der Waals surface area contributed by atoms with E-state index in [-0.39, 0.29) is 0 Å². The highest BCUT2D eigenvalue weighted by Gasteiger charge is 2.13. The average Bonchev–Trinajstić information content (AvgIpc) is 3.47. The van der Waals surface area contributed by atoms with Gasteiger partial charge in [0.05, 0.1) is 5.69 Å². The van der Waals surface area contributed by atoms with Crippen LogP contribution in [0.4, 0.5) is 0 Å². The topological polar surface area (TPSA) is 98.1 Å². The fourth-order valence-corrected chi connectivity index (χ4v) is 3.55. The lowest BCUT2D eigenvalue weighted by Crippen LogP contribution is -2.06. The Balaban J connectivity index is 1.55. The minimum absolute atomic E-state index is 0.607. The minimum Gasteiger partial charge on any atom is -0.255 e. The number of unbranched alkanes of at least 4 members (excludes halogenated alkanes) is 2. The van der Waals surface area contributed by atoms with Crippen LogP contribution in [0.3, 0.4) is 0 Å². The molecule has 4 aromatic rings. The summed E-state index contributed by atoms with van der Waals surface area (Å²) in [5.41, 5.74) is 3.95. The zero-order valence-electron chi connectivity index (χ0n) is 18.1. The zero-order valence-corrected chi connectivity index (χ0v) is 18.1. The lowest BCUT2D eigenvalue weighted by molar-refractivity contribution is 0.544. The molecule has 0 radical (unpaired) electrons. The zero-order chi connectivity index (χ0) is 21.5. The number of benzene rings is 1. The van der Waals surface area contributed by atoms with Crippen molar-refractivity contribution in [1.82, 2.24) is 40.4 Å². The number of hydrogen-bond donors (Lipinski definition) is 1. The van der Waals surface area contributed by atoms with E-state index in [1.54, 1.807) is 6.20 Å². The molecule has 31 heavy (non-hydrogen) atoms. The van der Waals surface area contributed by atoms with Gasteiger partial charge in [-0.15, -0.1) is 5.10 Å². The standard InChI is InChI=1S/C23H28N8/c1-3-5-9-20-25-21(31(28-20)15-6-4-2)16-17-10-12-18(13-11-17)22-19(8-7-14-24-22)23-26-29-30-27-23/h7-8,10-14H,3-6,9,15-16H2,1-2H3,(H,26,27,29,30). The van der Waals surface area contributed by atoms with Crippen LogP contribution in [0.1, 0.15) is 56.7 Å². The molecule has 1 aromatic carbocycles. The van der Waals surface area contributed by atoms with Crippen LogP contribution in [0.2, 0.25) is 0 Å². The largest absolute Gasteiger partial charge is 0.255 e. The third-order valence-electron chi connectivity index (χ3n) is 5.27. The van der Waals surface area contributed by atoms with Gasteiger partial charge in [0.15, 0.2) is 11.6 Å². The van der Waals surface area contributed by atoms with Crippen molar-refractivity contribution in [1.29, 1.82) is 0 Å². The molecule has 0 aliphatic heterocycles. The van der Waals surface area contributed by atoms with Crippen LogP contribution in [0.5, 0.6) is 0 Å². The molecule has 3 aromatic heterocycles. The minimum atomic E-state index is 0.607. The molecule has 0 spiro atoms. The summed E-state index contributed by atoms with van der Waals surface area (Å²) in [7, 11) is 0. The number of tetrazole rings is 1. The van der Waals surface area contributed by atoms with Crippen LogP contribution in [0.15, 0.2) is 42.6 Å². The summed E-state index contributed by atoms with van der Waals surface area (Å²) in [5, 5.41) is 19.0. The number of rotatable bonds is 10. The van der Waals surface area contributed by atoms with Gasteiger partial charge < -0.3 is 0 Å². The van der Waals surface area contributed by atoms with Crippen molar-refractivity contribution in [3.8, 4) is 22.6 Å². The lowest BCUT2D eigenvalue weighted by Gasteiger charge is -2.08. The van der Waals surface area contributed by atoms with Crippen LogP contribution >= 0.6 is 0 Å². The maximum atomic E-state index is 4.84. The molecule has 0 amide bonds. The number of aryl methyl sites for hydroxylation is 2. The summed E-state index contributed by atoms with van der Waals surface area (Å²) in [4.78, 5) is 9.39. The molecule has 0 bridgehead atoms. The van der Waals surface area contributed by atoms with Crippen molar-refractivity contribution < 1.29 is 0 Å². The van der Waals surface area contributed by atoms with Crippen LogP contribution in [-0.2, 0) is 19.4 Å². The summed E-state index contributed by atoms with van der Waals surface area (Å²) in [5.74, 6) is 2.61. The fourth-order valence-electron chi connectivity index (χ4n) is 3.55. The van der Waals surface area contributed by atoms with E-state index in [0.717, 1.165) is 73.5 Å². The summed E-state index contributed by atoms with van der Waals surface area (Å²) in [6.07, 6.45) is 8.03. The quantitative estimate of drug-likeness (QED) is 0.415. The first-order chi connectivity index (χ1) is 15.3. The first kappa shape index (κ1) is 20.8. The van der Waals surface area contributed by atoms with Gasteiger partial charge in [-0.3, -0.25) is 4.98 Å². The Bertz CT molecular complexity index is 1080. The van der Waals surface area contributed by atoms with E-state index in [9.17, 15) is 0 Å². The molecule has 8 nitrogen and oxygen atoms in total. The normalized spacial score (nSPS) is 11.2. The highest BCUT2D eigenvalue weighted by atomic mass is 15.5. The molecule has 0 saturated carbocycles. The number of aromatic nitrogens is 8. The number of H-pyrrole nitrogens is 1. The Morgan fingerprint density at radius 1 is 1.00 bits per heavy atom. The van der Waals surface area contributed by atoms with Gasteiger partial charge in [0, 0.05) is 36.7 Å². The van der Waals surface area contributed by atoms with E-state index in [1.807, 2.05) is 12.1 Å². The smallest absolute Gasteiger partial charge is 0.181 e. The monoisotopic (exact) mass is 416 g/mol. The maximum Gasteiger partial charge on any atom is 0.181 e. The first-order valence-corrected chi connectivity index (χ1v) is 11.0. The van der Waals surface area contributed by atoms with E-state index >= 15 is 0 Å². The Labute approximate surface area is 182 Å². The molecule has 0 saturated heterocycles. The summed E-state index contributed by atoms with van der Waals surface area (Å²) in [6, 6.07) is 12.3. The summed E-state index contributed by atoms with van der Waals surface area (Å²) >= 11 is 0.